The first kappa shape index (κ1) is 39.6. The van der Waals surface area contributed by atoms with Crippen molar-refractivity contribution in [1.82, 2.24) is 10.3 Å². The number of ether oxygens (including phenoxy) is 5. The molecule has 0 spiro atoms. The molecule has 0 saturated carbocycles. The minimum atomic E-state index is -0.795. The number of aromatic nitrogens is 1. The number of hydrogen-bond donors (Lipinski definition) is 4. The van der Waals surface area contributed by atoms with Gasteiger partial charge in [-0.2, -0.15) is 5.26 Å². The van der Waals surface area contributed by atoms with Gasteiger partial charge in [-0.1, -0.05) is 35.9 Å². The minimum Gasteiger partial charge on any atom is -0.379 e. The van der Waals surface area contributed by atoms with Crippen molar-refractivity contribution >= 4 is 23.4 Å². The molecule has 49 heavy (non-hydrogen) atoms. The summed E-state index contributed by atoms with van der Waals surface area (Å²) in [6.07, 6.45) is 2.08. The Morgan fingerprint density at radius 1 is 0.939 bits per heavy atom. The number of aryl methyl sites for hydroxylation is 2. The van der Waals surface area contributed by atoms with Crippen LogP contribution in [0.25, 0.3) is 11.1 Å². The van der Waals surface area contributed by atoms with Crippen LogP contribution in [0.15, 0.2) is 42.6 Å². The van der Waals surface area contributed by atoms with Crippen LogP contribution < -0.4 is 16.8 Å². The third-order valence-corrected chi connectivity index (χ3v) is 7.60. The second kappa shape index (κ2) is 22.0. The van der Waals surface area contributed by atoms with Gasteiger partial charge in [-0.05, 0) is 48.6 Å². The Labute approximate surface area is 291 Å². The number of nitrogens with one attached hydrogen (secondary N) is 2. The van der Waals surface area contributed by atoms with Crippen LogP contribution in [0.5, 0.6) is 0 Å². The Morgan fingerprint density at radius 3 is 2.12 bits per heavy atom. The van der Waals surface area contributed by atoms with Crippen molar-refractivity contribution in [2.45, 2.75) is 32.2 Å². The zero-order valence-corrected chi connectivity index (χ0v) is 28.5. The number of carbonyl (C=O) groups is 2. The molecule has 6 N–H and O–H groups in total. The van der Waals surface area contributed by atoms with Crippen LogP contribution in [0.3, 0.4) is 0 Å². The lowest BCUT2D eigenvalue weighted by atomic mass is 9.92. The van der Waals surface area contributed by atoms with Gasteiger partial charge in [0.2, 0.25) is 5.91 Å². The fourth-order valence-electron chi connectivity index (χ4n) is 5.01. The molecule has 3 aromatic rings. The first-order chi connectivity index (χ1) is 23.8. The highest BCUT2D eigenvalue weighted by Gasteiger charge is 2.26. The number of amides is 2. The average Bonchev–Trinajstić information content (AvgIpc) is 3.50. The summed E-state index contributed by atoms with van der Waals surface area (Å²) in [5.41, 5.74) is 12.7. The second-order valence-electron chi connectivity index (χ2n) is 11.0. The number of halogens is 2. The van der Waals surface area contributed by atoms with Gasteiger partial charge in [0, 0.05) is 35.5 Å². The molecule has 0 unspecified atom stereocenters. The van der Waals surface area contributed by atoms with Crippen molar-refractivity contribution in [2.24, 2.45) is 11.5 Å². The quantitative estimate of drug-likeness (QED) is 0.100. The summed E-state index contributed by atoms with van der Waals surface area (Å²) in [4.78, 5) is 28.2. The van der Waals surface area contributed by atoms with Gasteiger partial charge < -0.3 is 45.5 Å². The predicted octanol–water partition coefficient (Wildman–Crippen LogP) is 3.98. The van der Waals surface area contributed by atoms with Crippen LogP contribution in [0.2, 0.25) is 5.02 Å². The first-order valence-corrected chi connectivity index (χ1v) is 16.5. The molecule has 0 fully saturated rings. The lowest BCUT2D eigenvalue weighted by molar-refractivity contribution is -0.118. The van der Waals surface area contributed by atoms with Gasteiger partial charge in [0.05, 0.1) is 77.5 Å². The summed E-state index contributed by atoms with van der Waals surface area (Å²) in [6.45, 7) is 6.70. The number of carbonyl (C=O) groups excluding carboxylic acids is 2. The Balaban J connectivity index is 1.51. The Hall–Kier alpha value is -3.87. The largest absolute Gasteiger partial charge is 0.379 e. The smallest absolute Gasteiger partial charge is 0.253 e. The highest BCUT2D eigenvalue weighted by Crippen LogP contribution is 2.35. The number of rotatable bonds is 24. The van der Waals surface area contributed by atoms with Gasteiger partial charge in [0.1, 0.15) is 17.6 Å². The van der Waals surface area contributed by atoms with E-state index < -0.39 is 23.7 Å². The van der Waals surface area contributed by atoms with Gasteiger partial charge in [-0.15, -0.1) is 0 Å². The van der Waals surface area contributed by atoms with E-state index in [0.717, 1.165) is 0 Å². The Kier molecular flexibility index (Phi) is 17.7. The molecule has 3 rings (SSSR count). The van der Waals surface area contributed by atoms with Gasteiger partial charge in [0.25, 0.3) is 5.91 Å². The van der Waals surface area contributed by atoms with Crippen LogP contribution in [0.4, 0.5) is 4.39 Å². The van der Waals surface area contributed by atoms with E-state index in [4.69, 9.17) is 46.8 Å². The molecule has 1 aromatic heterocycles. The number of aromatic amines is 1. The van der Waals surface area contributed by atoms with Crippen molar-refractivity contribution in [3.8, 4) is 17.2 Å². The number of primary amides is 1. The van der Waals surface area contributed by atoms with Crippen LogP contribution in [-0.4, -0.2) is 89.4 Å². The van der Waals surface area contributed by atoms with Crippen LogP contribution in [0, 0.1) is 24.1 Å². The minimum absolute atomic E-state index is 0.0322. The van der Waals surface area contributed by atoms with Crippen molar-refractivity contribution < 1.29 is 37.7 Å². The van der Waals surface area contributed by atoms with Crippen molar-refractivity contribution in [3.05, 3.63) is 81.4 Å². The number of nitrogens with zero attached hydrogens (tertiary/aromatic N) is 1. The first-order valence-electron chi connectivity index (χ1n) is 16.1. The third-order valence-electron chi connectivity index (χ3n) is 7.36. The summed E-state index contributed by atoms with van der Waals surface area (Å²) in [6, 6.07) is 11.4. The Bertz CT molecular complexity index is 1530. The fraction of sp³-hybridized carbons (Fsp3) is 0.457. The normalized spacial score (nSPS) is 11.7. The van der Waals surface area contributed by atoms with E-state index in [1.807, 2.05) is 6.07 Å². The molecule has 2 amide bonds. The molecule has 0 aliphatic rings. The zero-order chi connectivity index (χ0) is 35.4. The van der Waals surface area contributed by atoms with E-state index in [1.54, 1.807) is 43.3 Å². The molecule has 0 aliphatic heterocycles. The standard InChI is InChI=1S/C35H45ClFN5O7/c1-24-7-8-25(5-3-10-45-12-14-47-16-18-49-19-17-48-15-13-46-11-9-38)34(37)32(24)33-28(23-41-30(33)22-39)35(44)42-29(21-31(40)43)26-4-2-6-27(36)20-26/h2,4,6-8,20,23,29,41H,3,5,9-19,21,38H2,1H3,(H2,40,43)(H,42,44)/t29-/m0/s1. The molecular weight excluding hydrogens is 657 g/mol. The molecule has 0 saturated heterocycles. The zero-order valence-electron chi connectivity index (χ0n) is 27.7. The van der Waals surface area contributed by atoms with Crippen LogP contribution >= 0.6 is 11.6 Å². The summed E-state index contributed by atoms with van der Waals surface area (Å²) < 4.78 is 43.3. The number of H-pyrrole nitrogens is 1. The number of hydrogen-bond acceptors (Lipinski definition) is 9. The monoisotopic (exact) mass is 701 g/mol. The van der Waals surface area contributed by atoms with Crippen molar-refractivity contribution in [1.29, 1.82) is 5.26 Å². The third kappa shape index (κ3) is 13.2. The lowest BCUT2D eigenvalue weighted by Crippen LogP contribution is -2.32. The summed E-state index contributed by atoms with van der Waals surface area (Å²) in [7, 11) is 0. The number of nitriles is 1. The maximum absolute atomic E-state index is 16.1. The molecule has 0 aliphatic carbocycles. The highest BCUT2D eigenvalue weighted by atomic mass is 35.5. The molecule has 2 aromatic carbocycles. The van der Waals surface area contributed by atoms with Crippen molar-refractivity contribution in [2.75, 3.05) is 72.6 Å². The van der Waals surface area contributed by atoms with E-state index >= 15 is 4.39 Å². The summed E-state index contributed by atoms with van der Waals surface area (Å²) in [5.74, 6) is -1.77. The fourth-order valence-corrected chi connectivity index (χ4v) is 5.21. The van der Waals surface area contributed by atoms with Gasteiger partial charge in [-0.3, -0.25) is 9.59 Å². The molecule has 14 heteroatoms. The average molecular weight is 702 g/mol. The van der Waals surface area contributed by atoms with Crippen LogP contribution in [0.1, 0.15) is 51.6 Å². The maximum Gasteiger partial charge on any atom is 0.253 e. The van der Waals surface area contributed by atoms with Gasteiger partial charge >= 0.3 is 0 Å². The molecule has 266 valence electrons. The molecule has 0 bridgehead atoms. The summed E-state index contributed by atoms with van der Waals surface area (Å²) >= 11 is 6.13. The maximum atomic E-state index is 16.1. The predicted molar refractivity (Wildman–Crippen MR) is 183 cm³/mol. The van der Waals surface area contributed by atoms with Gasteiger partial charge in [0.15, 0.2) is 0 Å². The molecule has 1 atom stereocenters. The Morgan fingerprint density at radius 2 is 1.55 bits per heavy atom. The van der Waals surface area contributed by atoms with Crippen LogP contribution in [-0.2, 0) is 34.9 Å². The van der Waals surface area contributed by atoms with E-state index in [1.165, 1.54) is 6.20 Å². The number of nitrogens with two attached hydrogens (primary N) is 2. The van der Waals surface area contributed by atoms with Crippen molar-refractivity contribution in [3.63, 3.8) is 0 Å². The molecular formula is C35H45ClFN5O7. The van der Waals surface area contributed by atoms with E-state index in [0.29, 0.717) is 107 Å². The van der Waals surface area contributed by atoms with Gasteiger partial charge in [-0.25, -0.2) is 4.39 Å². The molecule has 12 nitrogen and oxygen atoms in total. The van der Waals surface area contributed by atoms with E-state index in [9.17, 15) is 14.9 Å². The molecule has 1 heterocycles. The number of benzene rings is 2. The summed E-state index contributed by atoms with van der Waals surface area (Å²) in [5, 5.41) is 13.1. The second-order valence-corrected chi connectivity index (χ2v) is 11.4. The van der Waals surface area contributed by atoms with E-state index in [-0.39, 0.29) is 28.8 Å². The lowest BCUT2D eigenvalue weighted by Gasteiger charge is -2.19. The SMILES string of the molecule is Cc1ccc(CCCOCCOCCOCCOCCOCCN)c(F)c1-c1c(C(=O)N[C@@H](CC(N)=O)c2cccc(Cl)c2)c[nH]c1C#N. The topological polar surface area (TPSA) is 184 Å². The molecule has 0 radical (unpaired) electrons. The van der Waals surface area contributed by atoms with E-state index in [2.05, 4.69) is 10.3 Å². The highest BCUT2D eigenvalue weighted by molar-refractivity contribution is 6.30.